The minimum Gasteiger partial charge on any atom is -0.308 e. The molecule has 1 aromatic carbocycles. The summed E-state index contributed by atoms with van der Waals surface area (Å²) < 4.78 is 5.11. The second-order valence-corrected chi connectivity index (χ2v) is 2.65. The van der Waals surface area contributed by atoms with Gasteiger partial charge in [0.15, 0.2) is 0 Å². The van der Waals surface area contributed by atoms with Gasteiger partial charge in [-0.1, -0.05) is 30.3 Å². The van der Waals surface area contributed by atoms with Crippen molar-refractivity contribution in [2.24, 2.45) is 0 Å². The number of benzene rings is 1. The van der Waals surface area contributed by atoms with Crippen LogP contribution in [0, 0.1) is 0 Å². The highest BCUT2D eigenvalue weighted by Crippen LogP contribution is 2.17. The van der Waals surface area contributed by atoms with E-state index in [-0.39, 0.29) is 6.10 Å². The molecule has 0 aliphatic heterocycles. The summed E-state index contributed by atoms with van der Waals surface area (Å²) in [6.07, 6.45) is 0.196. The largest absolute Gasteiger partial charge is 0.308 e. The molecule has 0 fully saturated rings. The van der Waals surface area contributed by atoms with Crippen LogP contribution in [0.25, 0.3) is 0 Å². The summed E-state index contributed by atoms with van der Waals surface area (Å²) in [6.45, 7) is 2.03. The van der Waals surface area contributed by atoms with Crippen LogP contribution in [-0.2, 0) is 3.07 Å². The van der Waals surface area contributed by atoms with E-state index in [2.05, 4.69) is 12.1 Å². The Morgan fingerprint density at radius 3 is 2.40 bits per heavy atom. The van der Waals surface area contributed by atoms with Crippen LogP contribution in [0.3, 0.4) is 0 Å². The van der Waals surface area contributed by atoms with Gasteiger partial charge in [0.1, 0.15) is 23.0 Å². The molecule has 1 rings (SSSR count). The molecule has 0 heterocycles. The Bertz CT molecular complexity index is 186. The molecular formula is C8H9IO. The van der Waals surface area contributed by atoms with E-state index >= 15 is 0 Å². The lowest BCUT2D eigenvalue weighted by atomic mass is 10.1. The first-order valence-electron chi connectivity index (χ1n) is 3.17. The van der Waals surface area contributed by atoms with E-state index < -0.39 is 0 Å². The molecule has 0 aromatic heterocycles. The van der Waals surface area contributed by atoms with Crippen molar-refractivity contribution in [2.45, 2.75) is 13.0 Å². The quantitative estimate of drug-likeness (QED) is 0.730. The van der Waals surface area contributed by atoms with Crippen LogP contribution in [0.2, 0.25) is 0 Å². The van der Waals surface area contributed by atoms with Crippen LogP contribution in [0.5, 0.6) is 0 Å². The highest BCUT2D eigenvalue weighted by atomic mass is 127. The average molecular weight is 248 g/mol. The second kappa shape index (κ2) is 3.93. The topological polar surface area (TPSA) is 9.23 Å². The van der Waals surface area contributed by atoms with Gasteiger partial charge >= 0.3 is 0 Å². The Morgan fingerprint density at radius 2 is 1.90 bits per heavy atom. The van der Waals surface area contributed by atoms with Gasteiger partial charge in [0, 0.05) is 0 Å². The molecule has 0 aliphatic rings. The molecule has 0 aliphatic carbocycles. The van der Waals surface area contributed by atoms with Crippen molar-refractivity contribution in [1.29, 1.82) is 0 Å². The van der Waals surface area contributed by atoms with Crippen LogP contribution in [-0.4, -0.2) is 0 Å². The standard InChI is InChI=1S/C8H9IO/c1-7(10-9)8-5-3-2-4-6-8/h2-7H,1H3/t7-/m1/s1. The number of hydrogen-bond donors (Lipinski definition) is 0. The lowest BCUT2D eigenvalue weighted by Gasteiger charge is -2.05. The van der Waals surface area contributed by atoms with Crippen LogP contribution in [0.1, 0.15) is 18.6 Å². The third kappa shape index (κ3) is 1.95. The van der Waals surface area contributed by atoms with E-state index in [1.807, 2.05) is 48.1 Å². The van der Waals surface area contributed by atoms with E-state index in [0.29, 0.717) is 0 Å². The van der Waals surface area contributed by atoms with Gasteiger partial charge in [-0.3, -0.25) is 0 Å². The average Bonchev–Trinajstić information content (AvgIpc) is 2.05. The van der Waals surface area contributed by atoms with Gasteiger partial charge in [0.25, 0.3) is 0 Å². The van der Waals surface area contributed by atoms with E-state index in [1.54, 1.807) is 0 Å². The Labute approximate surface area is 75.1 Å². The fourth-order valence-electron chi connectivity index (χ4n) is 0.775. The van der Waals surface area contributed by atoms with Crippen molar-refractivity contribution in [2.75, 3.05) is 0 Å². The minimum absolute atomic E-state index is 0.196. The molecule has 2 heteroatoms. The molecule has 0 saturated heterocycles. The number of rotatable bonds is 2. The molecule has 0 amide bonds. The van der Waals surface area contributed by atoms with E-state index in [9.17, 15) is 0 Å². The highest BCUT2D eigenvalue weighted by molar-refractivity contribution is 14.1. The third-order valence-corrected chi connectivity index (χ3v) is 2.17. The summed E-state index contributed by atoms with van der Waals surface area (Å²) in [5.74, 6) is 0. The Morgan fingerprint density at radius 1 is 1.30 bits per heavy atom. The van der Waals surface area contributed by atoms with Gasteiger partial charge in [-0.2, -0.15) is 0 Å². The van der Waals surface area contributed by atoms with Gasteiger partial charge in [0.2, 0.25) is 0 Å². The predicted octanol–water partition coefficient (Wildman–Crippen LogP) is 3.11. The molecule has 1 aromatic rings. The lowest BCUT2D eigenvalue weighted by Crippen LogP contribution is -1.89. The summed E-state index contributed by atoms with van der Waals surface area (Å²) in [5.41, 5.74) is 1.22. The fraction of sp³-hybridized carbons (Fsp3) is 0.250. The molecule has 1 nitrogen and oxygen atoms in total. The zero-order valence-electron chi connectivity index (χ0n) is 5.75. The summed E-state index contributed by atoms with van der Waals surface area (Å²) in [4.78, 5) is 0. The Hall–Kier alpha value is -0.0900. The van der Waals surface area contributed by atoms with E-state index in [1.165, 1.54) is 5.56 Å². The molecule has 0 bridgehead atoms. The van der Waals surface area contributed by atoms with Gasteiger partial charge < -0.3 is 3.07 Å². The first-order valence-corrected chi connectivity index (χ1v) is 4.05. The van der Waals surface area contributed by atoms with Crippen molar-refractivity contribution < 1.29 is 3.07 Å². The summed E-state index contributed by atoms with van der Waals surface area (Å²) >= 11 is 1.92. The predicted molar refractivity (Wildman–Crippen MR) is 50.0 cm³/mol. The van der Waals surface area contributed by atoms with Gasteiger partial charge in [-0.05, 0) is 12.5 Å². The maximum Gasteiger partial charge on any atom is 0.110 e. The molecule has 0 spiro atoms. The summed E-state index contributed by atoms with van der Waals surface area (Å²) in [5, 5.41) is 0. The van der Waals surface area contributed by atoms with Crippen LogP contribution in [0.4, 0.5) is 0 Å². The molecule has 0 saturated carbocycles. The molecule has 54 valence electrons. The first-order chi connectivity index (χ1) is 4.84. The maximum absolute atomic E-state index is 5.11. The third-order valence-electron chi connectivity index (χ3n) is 1.40. The number of halogens is 1. The highest BCUT2D eigenvalue weighted by Gasteiger charge is 2.00. The van der Waals surface area contributed by atoms with E-state index in [4.69, 9.17) is 3.07 Å². The van der Waals surface area contributed by atoms with Crippen LogP contribution in [0.15, 0.2) is 30.3 Å². The normalized spacial score (nSPS) is 13.0. The van der Waals surface area contributed by atoms with Crippen molar-refractivity contribution in [1.82, 2.24) is 0 Å². The van der Waals surface area contributed by atoms with Gasteiger partial charge in [-0.15, -0.1) is 0 Å². The Kier molecular flexibility index (Phi) is 3.15. The molecule has 0 unspecified atom stereocenters. The molecule has 10 heavy (non-hydrogen) atoms. The SMILES string of the molecule is C[C@@H](OI)c1ccccc1. The van der Waals surface area contributed by atoms with E-state index in [0.717, 1.165) is 0 Å². The zero-order chi connectivity index (χ0) is 7.40. The van der Waals surface area contributed by atoms with Gasteiger partial charge in [-0.25, -0.2) is 0 Å². The minimum atomic E-state index is 0.196. The molecule has 1 atom stereocenters. The second-order valence-electron chi connectivity index (χ2n) is 2.14. The smallest absolute Gasteiger partial charge is 0.110 e. The van der Waals surface area contributed by atoms with Crippen LogP contribution >= 0.6 is 23.0 Å². The lowest BCUT2D eigenvalue weighted by molar-refractivity contribution is 0.318. The summed E-state index contributed by atoms with van der Waals surface area (Å²) in [6, 6.07) is 10.2. The Balaban J connectivity index is 2.75. The van der Waals surface area contributed by atoms with Crippen molar-refractivity contribution in [3.63, 3.8) is 0 Å². The maximum atomic E-state index is 5.11. The van der Waals surface area contributed by atoms with Gasteiger partial charge in [0.05, 0.1) is 6.10 Å². The monoisotopic (exact) mass is 248 g/mol. The van der Waals surface area contributed by atoms with Crippen LogP contribution < -0.4 is 0 Å². The molecule has 0 radical (unpaired) electrons. The fourth-order valence-corrected chi connectivity index (χ4v) is 1.07. The zero-order valence-corrected chi connectivity index (χ0v) is 7.91. The first kappa shape index (κ1) is 8.01. The van der Waals surface area contributed by atoms with Crippen molar-refractivity contribution in [3.05, 3.63) is 35.9 Å². The van der Waals surface area contributed by atoms with Crippen molar-refractivity contribution in [3.8, 4) is 0 Å². The number of hydrogen-bond acceptors (Lipinski definition) is 1. The summed E-state index contributed by atoms with van der Waals surface area (Å²) in [7, 11) is 0. The molecular weight excluding hydrogens is 239 g/mol. The molecule has 0 N–H and O–H groups in total. The van der Waals surface area contributed by atoms with Crippen molar-refractivity contribution >= 4 is 23.0 Å².